The van der Waals surface area contributed by atoms with Crippen molar-refractivity contribution in [2.24, 2.45) is 17.3 Å². The van der Waals surface area contributed by atoms with Gasteiger partial charge in [-0.05, 0) is 58.3 Å². The van der Waals surface area contributed by atoms with Gasteiger partial charge >= 0.3 is 6.09 Å². The molecule has 2 aromatic rings. The van der Waals surface area contributed by atoms with Crippen molar-refractivity contribution in [1.29, 1.82) is 0 Å². The Morgan fingerprint density at radius 3 is 1.93 bits per heavy atom. The maximum atomic E-state index is 11.3. The molecule has 0 spiro atoms. The summed E-state index contributed by atoms with van der Waals surface area (Å²) in [6.45, 7) is 26.7. The number of hydrogen-bond acceptors (Lipinski definition) is 6. The summed E-state index contributed by atoms with van der Waals surface area (Å²) >= 11 is 0. The molecule has 0 saturated carbocycles. The summed E-state index contributed by atoms with van der Waals surface area (Å²) in [7, 11) is 0. The number of aryl methyl sites for hydroxylation is 1. The molecule has 1 aromatic heterocycles. The van der Waals surface area contributed by atoms with Gasteiger partial charge < -0.3 is 19.9 Å². The van der Waals surface area contributed by atoms with Crippen molar-refractivity contribution < 1.29 is 18.8 Å². The molecule has 2 N–H and O–H groups in total. The Labute approximate surface area is 249 Å². The number of amides is 2. The fourth-order valence-corrected chi connectivity index (χ4v) is 3.19. The molecule has 1 aromatic carbocycles. The number of rotatable bonds is 10. The minimum Gasteiger partial charge on any atom is -0.444 e. The topological polar surface area (TPSA) is 106 Å². The third kappa shape index (κ3) is 19.0. The number of hydrogen-bond donors (Lipinski definition) is 2. The number of benzene rings is 1. The zero-order chi connectivity index (χ0) is 31.8. The molecule has 2 rings (SSSR count). The van der Waals surface area contributed by atoms with Crippen molar-refractivity contribution in [1.82, 2.24) is 20.8 Å². The van der Waals surface area contributed by atoms with E-state index in [0.717, 1.165) is 30.7 Å². The summed E-state index contributed by atoms with van der Waals surface area (Å²) in [5.74, 6) is 2.43. The first kappa shape index (κ1) is 38.1. The lowest BCUT2D eigenvalue weighted by Gasteiger charge is -2.20. The van der Waals surface area contributed by atoms with Crippen molar-refractivity contribution in [3.8, 4) is 11.4 Å². The fraction of sp³-hybridized carbons (Fsp3) is 0.697. The highest BCUT2D eigenvalue weighted by atomic mass is 16.6. The van der Waals surface area contributed by atoms with Crippen LogP contribution in [0.1, 0.15) is 126 Å². The molecule has 0 aliphatic carbocycles. The van der Waals surface area contributed by atoms with Gasteiger partial charge in [0.25, 0.3) is 0 Å². The molecule has 8 heteroatoms. The first-order valence-corrected chi connectivity index (χ1v) is 15.0. The van der Waals surface area contributed by atoms with E-state index >= 15 is 0 Å². The first-order valence-electron chi connectivity index (χ1n) is 15.0. The first-order chi connectivity index (χ1) is 18.9. The number of alkyl carbamates (subject to hydrolysis) is 1. The van der Waals surface area contributed by atoms with E-state index in [1.165, 1.54) is 12.0 Å². The molecule has 234 valence electrons. The van der Waals surface area contributed by atoms with Gasteiger partial charge in [0.1, 0.15) is 5.60 Å². The van der Waals surface area contributed by atoms with Gasteiger partial charge in [0, 0.05) is 17.4 Å². The quantitative estimate of drug-likeness (QED) is 0.275. The lowest BCUT2D eigenvalue weighted by atomic mass is 9.92. The SMILES string of the molecule is CC(C)(C)C.CCC(C)C(=O)NCNC(=O)OC(C)(C)C.CCC(C)CC(CC)c1nc(-c2ccc(C)cc2)no1. The van der Waals surface area contributed by atoms with E-state index in [1.807, 2.05) is 26.0 Å². The van der Waals surface area contributed by atoms with Crippen LogP contribution in [0.15, 0.2) is 28.8 Å². The minimum absolute atomic E-state index is 0.0413. The third-order valence-corrected chi connectivity index (χ3v) is 5.93. The molecule has 1 heterocycles. The zero-order valence-corrected chi connectivity index (χ0v) is 28.1. The van der Waals surface area contributed by atoms with Crippen LogP contribution < -0.4 is 10.6 Å². The van der Waals surface area contributed by atoms with Crippen LogP contribution in [0.25, 0.3) is 11.4 Å². The summed E-state index contributed by atoms with van der Waals surface area (Å²) in [5, 5.41) is 9.19. The van der Waals surface area contributed by atoms with Crippen LogP contribution in [0.5, 0.6) is 0 Å². The van der Waals surface area contributed by atoms with Crippen molar-refractivity contribution in [3.05, 3.63) is 35.7 Å². The number of nitrogens with zero attached hydrogens (tertiary/aromatic N) is 2. The summed E-state index contributed by atoms with van der Waals surface area (Å²) in [6.07, 6.45) is 3.59. The molecule has 8 nitrogen and oxygen atoms in total. The molecule has 3 unspecified atom stereocenters. The van der Waals surface area contributed by atoms with Crippen molar-refractivity contribution in [3.63, 3.8) is 0 Å². The van der Waals surface area contributed by atoms with Crippen LogP contribution in [-0.2, 0) is 9.53 Å². The Kier molecular flexibility index (Phi) is 17.2. The second-order valence-corrected chi connectivity index (χ2v) is 13.4. The van der Waals surface area contributed by atoms with Crippen LogP contribution in [0.2, 0.25) is 0 Å². The highest BCUT2D eigenvalue weighted by Gasteiger charge is 2.20. The number of ether oxygens (including phenoxy) is 1. The molecule has 41 heavy (non-hydrogen) atoms. The van der Waals surface area contributed by atoms with Gasteiger partial charge in [-0.1, -0.05) is 104 Å². The van der Waals surface area contributed by atoms with Gasteiger partial charge in [-0.2, -0.15) is 4.98 Å². The minimum atomic E-state index is -0.531. The normalized spacial score (nSPS) is 13.4. The molecule has 0 radical (unpaired) electrons. The Morgan fingerprint density at radius 2 is 1.46 bits per heavy atom. The highest BCUT2D eigenvalue weighted by Crippen LogP contribution is 2.28. The summed E-state index contributed by atoms with van der Waals surface area (Å²) in [4.78, 5) is 27.1. The Bertz CT molecular complexity index is 997. The van der Waals surface area contributed by atoms with Gasteiger partial charge in [-0.25, -0.2) is 4.79 Å². The second kappa shape index (κ2) is 18.5. The van der Waals surface area contributed by atoms with Crippen LogP contribution in [0, 0.1) is 24.2 Å². The van der Waals surface area contributed by atoms with Crippen LogP contribution in [0.3, 0.4) is 0 Å². The van der Waals surface area contributed by atoms with Crippen LogP contribution >= 0.6 is 0 Å². The molecule has 0 fully saturated rings. The van der Waals surface area contributed by atoms with Crippen molar-refractivity contribution in [2.45, 2.75) is 127 Å². The molecule has 0 bridgehead atoms. The van der Waals surface area contributed by atoms with Gasteiger partial charge in [-0.15, -0.1) is 0 Å². The molecular formula is C33H58N4O4. The smallest absolute Gasteiger partial charge is 0.409 e. The average molecular weight is 575 g/mol. The molecule has 0 saturated heterocycles. The van der Waals surface area contributed by atoms with E-state index < -0.39 is 11.7 Å². The lowest BCUT2D eigenvalue weighted by molar-refractivity contribution is -0.124. The maximum Gasteiger partial charge on any atom is 0.409 e. The third-order valence-electron chi connectivity index (χ3n) is 5.93. The molecular weight excluding hydrogens is 516 g/mol. The van der Waals surface area contributed by atoms with E-state index in [1.54, 1.807) is 20.8 Å². The maximum absolute atomic E-state index is 11.3. The van der Waals surface area contributed by atoms with Crippen LogP contribution in [-0.4, -0.2) is 34.4 Å². The Hall–Kier alpha value is -2.90. The standard InChI is InChI=1S/C17H24N2O.C11H22N2O3.C5H12/c1-5-12(3)11-14(6-2)17-18-16(19-20-17)15-9-7-13(4)8-10-15;1-6-8(2)9(14)12-7-13-10(15)16-11(3,4)5;1-5(2,3)4/h7-10,12,14H,5-6,11H2,1-4H3;8H,6-7H2,1-5H3,(H,12,14)(H,13,15);1-4H3. The largest absolute Gasteiger partial charge is 0.444 e. The monoisotopic (exact) mass is 574 g/mol. The molecule has 3 atom stereocenters. The molecule has 2 amide bonds. The predicted octanol–water partition coefficient (Wildman–Crippen LogP) is 8.66. The van der Waals surface area contributed by atoms with Gasteiger partial charge in [0.2, 0.25) is 17.6 Å². The van der Waals surface area contributed by atoms with Crippen LogP contribution in [0.4, 0.5) is 4.79 Å². The Morgan fingerprint density at radius 1 is 0.902 bits per heavy atom. The molecule has 0 aliphatic heterocycles. The summed E-state index contributed by atoms with van der Waals surface area (Å²) in [6, 6.07) is 8.23. The summed E-state index contributed by atoms with van der Waals surface area (Å²) in [5.41, 5.74) is 2.23. The number of carbonyl (C=O) groups is 2. The number of nitrogens with one attached hydrogen (secondary N) is 2. The van der Waals surface area contributed by atoms with Gasteiger partial charge in [0.05, 0.1) is 6.67 Å². The molecule has 0 aliphatic rings. The Balaban J connectivity index is 0.000000684. The van der Waals surface area contributed by atoms with Crippen molar-refractivity contribution in [2.75, 3.05) is 6.67 Å². The summed E-state index contributed by atoms with van der Waals surface area (Å²) < 4.78 is 10.5. The average Bonchev–Trinajstić information content (AvgIpc) is 3.35. The fourth-order valence-electron chi connectivity index (χ4n) is 3.19. The number of aromatic nitrogens is 2. The van der Waals surface area contributed by atoms with E-state index in [2.05, 4.69) is 88.3 Å². The lowest BCUT2D eigenvalue weighted by Crippen LogP contribution is -2.41. The second-order valence-electron chi connectivity index (χ2n) is 13.4. The predicted molar refractivity (Wildman–Crippen MR) is 169 cm³/mol. The van der Waals surface area contributed by atoms with E-state index in [4.69, 9.17) is 9.26 Å². The van der Waals surface area contributed by atoms with E-state index in [9.17, 15) is 9.59 Å². The van der Waals surface area contributed by atoms with Gasteiger partial charge in [-0.3, -0.25) is 4.79 Å². The zero-order valence-electron chi connectivity index (χ0n) is 28.1. The number of carbonyl (C=O) groups excluding carboxylic acids is 2. The van der Waals surface area contributed by atoms with E-state index in [0.29, 0.717) is 23.1 Å². The van der Waals surface area contributed by atoms with Crippen molar-refractivity contribution >= 4 is 12.0 Å². The highest BCUT2D eigenvalue weighted by molar-refractivity contribution is 5.78. The van der Waals surface area contributed by atoms with Gasteiger partial charge in [0.15, 0.2) is 0 Å². The van der Waals surface area contributed by atoms with E-state index in [-0.39, 0.29) is 18.5 Å².